The Bertz CT molecular complexity index is 85.7. The molecule has 3 heteroatoms. The van der Waals surface area contributed by atoms with Gasteiger partial charge in [0.25, 0.3) is 0 Å². The van der Waals surface area contributed by atoms with Crippen molar-refractivity contribution in [2.75, 3.05) is 13.6 Å². The predicted octanol–water partition coefficient (Wildman–Crippen LogP) is 2.27. The van der Waals surface area contributed by atoms with Crippen LogP contribution >= 0.6 is 22.6 Å². The van der Waals surface area contributed by atoms with Gasteiger partial charge in [0, 0.05) is 3.92 Å². The van der Waals surface area contributed by atoms with Crippen molar-refractivity contribution in [1.82, 2.24) is 5.06 Å². The summed E-state index contributed by atoms with van der Waals surface area (Å²) in [6.07, 6.45) is 1.09. The van der Waals surface area contributed by atoms with Crippen molar-refractivity contribution in [3.05, 3.63) is 5.21 Å². The van der Waals surface area contributed by atoms with Crippen molar-refractivity contribution in [2.24, 2.45) is 5.92 Å². The van der Waals surface area contributed by atoms with E-state index in [1.165, 1.54) is 0 Å². The highest BCUT2D eigenvalue weighted by molar-refractivity contribution is 14.1. The first-order valence-corrected chi connectivity index (χ1v) is 4.84. The summed E-state index contributed by atoms with van der Waals surface area (Å²) in [5, 5.41) is 11.6. The Kier molecular flexibility index (Phi) is 5.67. The topological polar surface area (TPSA) is 26.3 Å². The Morgan fingerprint density at radius 1 is 1.60 bits per heavy atom. The fraction of sp³-hybridized carbons (Fsp3) is 1.00. The molecule has 1 unspecified atom stereocenters. The van der Waals surface area contributed by atoms with Gasteiger partial charge >= 0.3 is 0 Å². The Balaban J connectivity index is 3.60. The molecule has 10 heavy (non-hydrogen) atoms. The smallest absolute Gasteiger partial charge is 0.0121 e. The van der Waals surface area contributed by atoms with Crippen LogP contribution in [0.1, 0.15) is 20.3 Å². The molecule has 0 spiro atoms. The summed E-state index contributed by atoms with van der Waals surface area (Å²) >= 11 is 2.37. The van der Waals surface area contributed by atoms with E-state index in [2.05, 4.69) is 36.4 Å². The second kappa shape index (κ2) is 5.32. The van der Waals surface area contributed by atoms with Gasteiger partial charge in [-0.25, -0.2) is 0 Å². The number of hydrogen-bond acceptors (Lipinski definition) is 2. The maximum atomic E-state index is 10.6. The van der Waals surface area contributed by atoms with E-state index < -0.39 is 0 Å². The van der Waals surface area contributed by atoms with E-state index in [4.69, 9.17) is 0 Å². The van der Waals surface area contributed by atoms with Crippen LogP contribution in [0, 0.1) is 11.1 Å². The van der Waals surface area contributed by atoms with Crippen LogP contribution < -0.4 is 0 Å². The average molecular weight is 256 g/mol. The van der Waals surface area contributed by atoms with Gasteiger partial charge < -0.3 is 10.3 Å². The lowest BCUT2D eigenvalue weighted by atomic mass is 10.0. The zero-order valence-electron chi connectivity index (χ0n) is 6.80. The van der Waals surface area contributed by atoms with Crippen molar-refractivity contribution < 1.29 is 0 Å². The van der Waals surface area contributed by atoms with E-state index in [0.717, 1.165) is 11.5 Å². The van der Waals surface area contributed by atoms with Gasteiger partial charge in [-0.05, 0) is 19.5 Å². The van der Waals surface area contributed by atoms with E-state index in [0.29, 0.717) is 16.4 Å². The van der Waals surface area contributed by atoms with Gasteiger partial charge in [-0.2, -0.15) is 0 Å². The molecule has 0 heterocycles. The Hall–Kier alpha value is 0.650. The summed E-state index contributed by atoms with van der Waals surface area (Å²) in [6.45, 7) is 4.95. The van der Waals surface area contributed by atoms with Gasteiger partial charge in [0.05, 0.1) is 0 Å². The average Bonchev–Trinajstić information content (AvgIpc) is 1.81. The third kappa shape index (κ3) is 4.46. The van der Waals surface area contributed by atoms with Crippen molar-refractivity contribution in [3.8, 4) is 0 Å². The molecule has 0 amide bonds. The van der Waals surface area contributed by atoms with Crippen molar-refractivity contribution >= 4 is 22.6 Å². The van der Waals surface area contributed by atoms with Crippen LogP contribution in [-0.2, 0) is 0 Å². The molecule has 0 aromatic carbocycles. The maximum Gasteiger partial charge on any atom is 0.0121 e. The molecule has 62 valence electrons. The zero-order chi connectivity index (χ0) is 8.15. The minimum atomic E-state index is 0.545. The molecule has 0 radical (unpaired) electrons. The van der Waals surface area contributed by atoms with Crippen molar-refractivity contribution in [2.45, 2.75) is 24.2 Å². The van der Waals surface area contributed by atoms with Crippen LogP contribution in [0.4, 0.5) is 0 Å². The lowest BCUT2D eigenvalue weighted by Gasteiger charge is -2.29. The van der Waals surface area contributed by atoms with E-state index in [1.54, 1.807) is 7.05 Å². The largest absolute Gasteiger partial charge is 0.785 e. The molecule has 0 aliphatic rings. The van der Waals surface area contributed by atoms with Gasteiger partial charge in [0.1, 0.15) is 0 Å². The molecule has 2 nitrogen and oxygen atoms in total. The molecular formula is C7H15INO-. The van der Waals surface area contributed by atoms with E-state index in [1.807, 2.05) is 0 Å². The lowest BCUT2D eigenvalue weighted by Crippen LogP contribution is -2.24. The third-order valence-electron chi connectivity index (χ3n) is 1.67. The predicted molar refractivity (Wildman–Crippen MR) is 53.3 cm³/mol. The maximum absolute atomic E-state index is 10.6. The summed E-state index contributed by atoms with van der Waals surface area (Å²) in [4.78, 5) is 0. The van der Waals surface area contributed by atoms with Crippen LogP contribution in [-0.4, -0.2) is 22.6 Å². The zero-order valence-corrected chi connectivity index (χ0v) is 8.96. The molecule has 0 aromatic heterocycles. The third-order valence-corrected chi connectivity index (χ3v) is 2.68. The SMILES string of the molecule is CC[C@H](CN(C)[O-])C(C)I. The highest BCUT2D eigenvalue weighted by atomic mass is 127. The summed E-state index contributed by atoms with van der Waals surface area (Å²) < 4.78 is 0.596. The molecule has 0 N–H and O–H groups in total. The number of alkyl halides is 1. The first kappa shape index (κ1) is 10.7. The summed E-state index contributed by atoms with van der Waals surface area (Å²) in [7, 11) is 1.58. The molecule has 2 atom stereocenters. The van der Waals surface area contributed by atoms with Gasteiger partial charge in [-0.3, -0.25) is 0 Å². The summed E-state index contributed by atoms with van der Waals surface area (Å²) in [6, 6.07) is 0. The van der Waals surface area contributed by atoms with E-state index >= 15 is 0 Å². The molecule has 0 aliphatic carbocycles. The first-order chi connectivity index (χ1) is 4.57. The monoisotopic (exact) mass is 256 g/mol. The van der Waals surface area contributed by atoms with Crippen LogP contribution in [0.15, 0.2) is 0 Å². The van der Waals surface area contributed by atoms with Crippen LogP contribution in [0.5, 0.6) is 0 Å². The van der Waals surface area contributed by atoms with Crippen molar-refractivity contribution in [1.29, 1.82) is 0 Å². The van der Waals surface area contributed by atoms with Crippen LogP contribution in [0.3, 0.4) is 0 Å². The van der Waals surface area contributed by atoms with E-state index in [9.17, 15) is 5.21 Å². The number of nitrogens with zero attached hydrogens (tertiary/aromatic N) is 1. The highest BCUT2D eigenvalue weighted by Gasteiger charge is 2.10. The molecule has 0 bridgehead atoms. The van der Waals surface area contributed by atoms with Crippen LogP contribution in [0.2, 0.25) is 0 Å². The Morgan fingerprint density at radius 3 is 2.20 bits per heavy atom. The summed E-state index contributed by atoms with van der Waals surface area (Å²) in [5.41, 5.74) is 0. The van der Waals surface area contributed by atoms with Gasteiger partial charge in [0.15, 0.2) is 0 Å². The minimum Gasteiger partial charge on any atom is -0.785 e. The fourth-order valence-electron chi connectivity index (χ4n) is 0.929. The number of halogens is 1. The number of hydroxylamine groups is 2. The summed E-state index contributed by atoms with van der Waals surface area (Å²) in [5.74, 6) is 0.545. The molecule has 0 fully saturated rings. The molecule has 0 aromatic rings. The lowest BCUT2D eigenvalue weighted by molar-refractivity contribution is 0.351. The first-order valence-electron chi connectivity index (χ1n) is 3.60. The Labute approximate surface area is 76.7 Å². The van der Waals surface area contributed by atoms with Crippen LogP contribution in [0.25, 0.3) is 0 Å². The second-order valence-corrected chi connectivity index (χ2v) is 4.62. The molecule has 0 rings (SSSR count). The van der Waals surface area contributed by atoms with Gasteiger partial charge in [-0.1, -0.05) is 42.9 Å². The van der Waals surface area contributed by atoms with Crippen molar-refractivity contribution in [3.63, 3.8) is 0 Å². The molecule has 0 saturated heterocycles. The van der Waals surface area contributed by atoms with E-state index in [-0.39, 0.29) is 0 Å². The Morgan fingerprint density at radius 2 is 2.10 bits per heavy atom. The normalized spacial score (nSPS) is 17.4. The number of hydrogen-bond donors (Lipinski definition) is 0. The molecule has 0 aliphatic heterocycles. The van der Waals surface area contributed by atoms with Gasteiger partial charge in [0.2, 0.25) is 0 Å². The molecule has 0 saturated carbocycles. The highest BCUT2D eigenvalue weighted by Crippen LogP contribution is 2.16. The van der Waals surface area contributed by atoms with Gasteiger partial charge in [-0.15, -0.1) is 0 Å². The second-order valence-electron chi connectivity index (χ2n) is 2.66. The molecular weight excluding hydrogens is 241 g/mol. The minimum absolute atomic E-state index is 0.545. The quantitative estimate of drug-likeness (QED) is 0.438. The fourth-order valence-corrected chi connectivity index (χ4v) is 1.67. The standard InChI is InChI=1S/C7H15INO/c1-4-7(6(2)8)5-9(3)10/h6-7H,4-5H2,1-3H3/q-1/t6?,7-/m1/s1. The number of rotatable bonds is 4.